The van der Waals surface area contributed by atoms with Crippen molar-refractivity contribution in [1.29, 1.82) is 0 Å². The van der Waals surface area contributed by atoms with Crippen LogP contribution in [0.2, 0.25) is 5.02 Å². The number of amides is 1. The molecule has 0 aromatic heterocycles. The van der Waals surface area contributed by atoms with Crippen LogP contribution in [-0.2, 0) is 4.79 Å². The number of carbonyl (C=O) groups is 1. The van der Waals surface area contributed by atoms with E-state index in [9.17, 15) is 14.9 Å². The van der Waals surface area contributed by atoms with Crippen LogP contribution in [0.25, 0.3) is 0 Å². The summed E-state index contributed by atoms with van der Waals surface area (Å²) in [5.41, 5.74) is 2.83. The maximum Gasteiger partial charge on any atom is 0.269 e. The highest BCUT2D eigenvalue weighted by Crippen LogP contribution is 2.27. The molecule has 0 saturated carbocycles. The van der Waals surface area contributed by atoms with Crippen molar-refractivity contribution < 1.29 is 14.5 Å². The molecule has 2 aromatic carbocycles. The van der Waals surface area contributed by atoms with E-state index < -0.39 is 11.0 Å². The molecule has 0 heterocycles. The zero-order valence-electron chi connectivity index (χ0n) is 14.4. The molecule has 0 aliphatic rings. The highest BCUT2D eigenvalue weighted by atomic mass is 35.5. The first-order chi connectivity index (χ1) is 11.7. The number of rotatable bonds is 5. The van der Waals surface area contributed by atoms with Crippen LogP contribution in [0.5, 0.6) is 5.75 Å². The Morgan fingerprint density at radius 2 is 1.76 bits per heavy atom. The van der Waals surface area contributed by atoms with Gasteiger partial charge in [0.05, 0.1) is 4.92 Å². The molecule has 0 saturated heterocycles. The van der Waals surface area contributed by atoms with Crippen molar-refractivity contribution in [2.45, 2.75) is 33.8 Å². The molecule has 0 spiro atoms. The Balaban J connectivity index is 2.09. The summed E-state index contributed by atoms with van der Waals surface area (Å²) in [6.45, 7) is 7.07. The third-order valence-corrected chi connectivity index (χ3v) is 4.37. The quantitative estimate of drug-likeness (QED) is 0.623. The number of anilines is 1. The zero-order chi connectivity index (χ0) is 18.7. The number of nitrogens with one attached hydrogen (secondary N) is 1. The SMILES string of the molecule is Cc1cc([N+](=O)[O-])ccc1NC(=O)[C@H](C)Oc1cc(C)c(Cl)c(C)c1. The predicted molar refractivity (Wildman–Crippen MR) is 97.5 cm³/mol. The van der Waals surface area contributed by atoms with Crippen LogP contribution < -0.4 is 10.1 Å². The fourth-order valence-electron chi connectivity index (χ4n) is 2.37. The second-order valence-electron chi connectivity index (χ2n) is 5.88. The molecule has 0 fully saturated rings. The highest BCUT2D eigenvalue weighted by Gasteiger charge is 2.17. The number of nitro groups is 1. The average Bonchev–Trinajstić information content (AvgIpc) is 2.54. The van der Waals surface area contributed by atoms with Crippen LogP contribution in [-0.4, -0.2) is 16.9 Å². The lowest BCUT2D eigenvalue weighted by atomic mass is 10.1. The van der Waals surface area contributed by atoms with Crippen molar-refractivity contribution in [3.05, 3.63) is 62.2 Å². The molecular formula is C18H19ClN2O4. The van der Waals surface area contributed by atoms with E-state index >= 15 is 0 Å². The van der Waals surface area contributed by atoms with Gasteiger partial charge in [-0.3, -0.25) is 14.9 Å². The second kappa shape index (κ2) is 7.53. The standard InChI is InChI=1S/C18H19ClN2O4/c1-10-7-14(21(23)24)5-6-16(10)20-18(22)13(4)25-15-8-11(2)17(19)12(3)9-15/h5-9,13H,1-4H3,(H,20,22)/t13-/m0/s1. The molecule has 0 radical (unpaired) electrons. The lowest BCUT2D eigenvalue weighted by Crippen LogP contribution is -2.30. The number of non-ortho nitro benzene ring substituents is 1. The van der Waals surface area contributed by atoms with E-state index in [2.05, 4.69) is 5.32 Å². The summed E-state index contributed by atoms with van der Waals surface area (Å²) >= 11 is 6.13. The van der Waals surface area contributed by atoms with Crippen molar-refractivity contribution in [3.63, 3.8) is 0 Å². The van der Waals surface area contributed by atoms with Gasteiger partial charge in [-0.15, -0.1) is 0 Å². The van der Waals surface area contributed by atoms with Gasteiger partial charge in [0.2, 0.25) is 0 Å². The number of nitro benzene ring substituents is 1. The Morgan fingerprint density at radius 1 is 1.16 bits per heavy atom. The zero-order valence-corrected chi connectivity index (χ0v) is 15.2. The lowest BCUT2D eigenvalue weighted by molar-refractivity contribution is -0.384. The maximum absolute atomic E-state index is 12.3. The normalized spacial score (nSPS) is 11.7. The Hall–Kier alpha value is -2.60. The monoisotopic (exact) mass is 362 g/mol. The Morgan fingerprint density at radius 3 is 2.28 bits per heavy atom. The van der Waals surface area contributed by atoms with Gasteiger partial charge in [-0.2, -0.15) is 0 Å². The summed E-state index contributed by atoms with van der Waals surface area (Å²) < 4.78 is 5.69. The van der Waals surface area contributed by atoms with Crippen molar-refractivity contribution >= 4 is 28.9 Å². The van der Waals surface area contributed by atoms with Gasteiger partial charge in [0.1, 0.15) is 5.75 Å². The molecule has 1 atom stereocenters. The van der Waals surface area contributed by atoms with Gasteiger partial charge in [-0.25, -0.2) is 0 Å². The number of nitrogens with zero attached hydrogens (tertiary/aromatic N) is 1. The number of hydrogen-bond acceptors (Lipinski definition) is 4. The van der Waals surface area contributed by atoms with Gasteiger partial charge in [-0.1, -0.05) is 11.6 Å². The minimum atomic E-state index is -0.741. The first-order valence-electron chi connectivity index (χ1n) is 7.68. The van der Waals surface area contributed by atoms with E-state index in [1.165, 1.54) is 18.2 Å². The summed E-state index contributed by atoms with van der Waals surface area (Å²) in [7, 11) is 0. The molecule has 0 aliphatic carbocycles. The number of carbonyl (C=O) groups excluding carboxylic acids is 1. The van der Waals surface area contributed by atoms with E-state index in [-0.39, 0.29) is 11.6 Å². The second-order valence-corrected chi connectivity index (χ2v) is 6.25. The summed E-state index contributed by atoms with van der Waals surface area (Å²) in [4.78, 5) is 22.6. The van der Waals surface area contributed by atoms with E-state index in [4.69, 9.17) is 16.3 Å². The molecule has 0 unspecified atom stereocenters. The fourth-order valence-corrected chi connectivity index (χ4v) is 2.48. The van der Waals surface area contributed by atoms with Crippen LogP contribution in [0.4, 0.5) is 11.4 Å². The third kappa shape index (κ3) is 4.48. The topological polar surface area (TPSA) is 81.5 Å². The summed E-state index contributed by atoms with van der Waals surface area (Å²) in [6, 6.07) is 7.81. The smallest absolute Gasteiger partial charge is 0.269 e. The van der Waals surface area contributed by atoms with E-state index in [0.717, 1.165) is 11.1 Å². The van der Waals surface area contributed by atoms with E-state index in [1.54, 1.807) is 26.0 Å². The summed E-state index contributed by atoms with van der Waals surface area (Å²) in [5, 5.41) is 14.2. The van der Waals surface area contributed by atoms with Crippen LogP contribution in [0.3, 0.4) is 0 Å². The van der Waals surface area contributed by atoms with Crippen LogP contribution in [0, 0.1) is 30.9 Å². The molecule has 0 bridgehead atoms. The van der Waals surface area contributed by atoms with Crippen molar-refractivity contribution in [3.8, 4) is 5.75 Å². The molecular weight excluding hydrogens is 344 g/mol. The molecule has 2 aromatic rings. The molecule has 0 aliphatic heterocycles. The van der Waals surface area contributed by atoms with Gasteiger partial charge in [0.25, 0.3) is 11.6 Å². The van der Waals surface area contributed by atoms with E-state index in [0.29, 0.717) is 22.0 Å². The first-order valence-corrected chi connectivity index (χ1v) is 8.06. The Labute approximate surface area is 150 Å². The number of halogens is 1. The third-order valence-electron chi connectivity index (χ3n) is 3.77. The first kappa shape index (κ1) is 18.7. The van der Waals surface area contributed by atoms with Crippen molar-refractivity contribution in [2.75, 3.05) is 5.32 Å². The number of aryl methyl sites for hydroxylation is 3. The fraction of sp³-hybridized carbons (Fsp3) is 0.278. The maximum atomic E-state index is 12.3. The van der Waals surface area contributed by atoms with Crippen LogP contribution in [0.15, 0.2) is 30.3 Å². The lowest BCUT2D eigenvalue weighted by Gasteiger charge is -2.17. The van der Waals surface area contributed by atoms with Gasteiger partial charge < -0.3 is 10.1 Å². The number of benzene rings is 2. The minimum absolute atomic E-state index is 0.0214. The molecule has 2 rings (SSSR count). The van der Waals surface area contributed by atoms with Crippen LogP contribution >= 0.6 is 11.6 Å². The Kier molecular flexibility index (Phi) is 5.64. The van der Waals surface area contributed by atoms with Crippen molar-refractivity contribution in [2.24, 2.45) is 0 Å². The molecule has 6 nitrogen and oxygen atoms in total. The predicted octanol–water partition coefficient (Wildman–Crippen LogP) is 4.58. The molecule has 132 valence electrons. The average molecular weight is 363 g/mol. The van der Waals surface area contributed by atoms with E-state index in [1.807, 2.05) is 13.8 Å². The number of hydrogen-bond donors (Lipinski definition) is 1. The van der Waals surface area contributed by atoms with Gasteiger partial charge in [-0.05, 0) is 62.6 Å². The van der Waals surface area contributed by atoms with Gasteiger partial charge in [0.15, 0.2) is 6.10 Å². The van der Waals surface area contributed by atoms with Crippen LogP contribution in [0.1, 0.15) is 23.6 Å². The highest BCUT2D eigenvalue weighted by molar-refractivity contribution is 6.32. The molecule has 25 heavy (non-hydrogen) atoms. The van der Waals surface area contributed by atoms with Gasteiger partial charge >= 0.3 is 0 Å². The molecule has 7 heteroatoms. The van der Waals surface area contributed by atoms with Crippen molar-refractivity contribution in [1.82, 2.24) is 0 Å². The summed E-state index contributed by atoms with van der Waals surface area (Å²) in [6.07, 6.45) is -0.741. The molecule has 1 amide bonds. The largest absolute Gasteiger partial charge is 0.481 e. The minimum Gasteiger partial charge on any atom is -0.481 e. The Bertz CT molecular complexity index is 813. The van der Waals surface area contributed by atoms with Gasteiger partial charge in [0, 0.05) is 22.8 Å². The number of ether oxygens (including phenoxy) is 1. The molecule has 1 N–H and O–H groups in total. The summed E-state index contributed by atoms with van der Waals surface area (Å²) in [5.74, 6) is 0.213.